The van der Waals surface area contributed by atoms with Crippen molar-refractivity contribution in [3.05, 3.63) is 22.9 Å². The van der Waals surface area contributed by atoms with Crippen LogP contribution in [0.15, 0.2) is 6.07 Å². The summed E-state index contributed by atoms with van der Waals surface area (Å²) in [6, 6.07) is 1.97. The molecule has 0 aliphatic heterocycles. The van der Waals surface area contributed by atoms with Crippen LogP contribution in [0.1, 0.15) is 49.4 Å². The summed E-state index contributed by atoms with van der Waals surface area (Å²) in [4.78, 5) is 15.6. The van der Waals surface area contributed by atoms with E-state index in [2.05, 4.69) is 24.1 Å². The molecule has 1 unspecified atom stereocenters. The molecule has 16 heavy (non-hydrogen) atoms. The lowest BCUT2D eigenvalue weighted by Gasteiger charge is -2.23. The number of hydrogen-bond acceptors (Lipinski definition) is 2. The van der Waals surface area contributed by atoms with E-state index in [4.69, 9.17) is 0 Å². The normalized spacial score (nSPS) is 19.1. The van der Waals surface area contributed by atoms with Crippen LogP contribution in [-0.2, 0) is 11.2 Å². The average molecular weight is 218 g/mol. The second-order valence-electron chi connectivity index (χ2n) is 4.66. The zero-order valence-corrected chi connectivity index (χ0v) is 10.1. The maximum absolute atomic E-state index is 11.0. The van der Waals surface area contributed by atoms with Crippen LogP contribution in [0.2, 0.25) is 0 Å². The molecular formula is C13H18N2O. The van der Waals surface area contributed by atoms with E-state index in [1.807, 2.05) is 6.07 Å². The van der Waals surface area contributed by atoms with Gasteiger partial charge in [-0.2, -0.15) is 0 Å². The van der Waals surface area contributed by atoms with E-state index >= 15 is 0 Å². The van der Waals surface area contributed by atoms with E-state index < -0.39 is 0 Å². The highest BCUT2D eigenvalue weighted by molar-refractivity contribution is 5.87. The lowest BCUT2D eigenvalue weighted by atomic mass is 9.86. The van der Waals surface area contributed by atoms with Crippen LogP contribution in [-0.4, -0.2) is 10.9 Å². The zero-order valence-electron chi connectivity index (χ0n) is 10.1. The SMILES string of the molecule is CC(=O)Nc1cc(C)c2c(n1)C(C)CCC2. The van der Waals surface area contributed by atoms with Crippen molar-refractivity contribution in [2.75, 3.05) is 5.32 Å². The highest BCUT2D eigenvalue weighted by atomic mass is 16.1. The van der Waals surface area contributed by atoms with Crippen LogP contribution < -0.4 is 5.32 Å². The Hall–Kier alpha value is -1.38. The Balaban J connectivity index is 2.42. The molecule has 0 spiro atoms. The molecule has 0 aromatic carbocycles. The van der Waals surface area contributed by atoms with E-state index in [0.717, 1.165) is 6.42 Å². The number of nitrogens with zero attached hydrogens (tertiary/aromatic N) is 1. The maximum Gasteiger partial charge on any atom is 0.222 e. The van der Waals surface area contributed by atoms with Crippen molar-refractivity contribution < 1.29 is 4.79 Å². The van der Waals surface area contributed by atoms with Gasteiger partial charge in [-0.15, -0.1) is 0 Å². The number of carbonyl (C=O) groups excluding carboxylic acids is 1. The second kappa shape index (κ2) is 4.24. The van der Waals surface area contributed by atoms with E-state index in [1.165, 1.54) is 36.6 Å². The van der Waals surface area contributed by atoms with Crippen LogP contribution in [0.3, 0.4) is 0 Å². The molecule has 2 rings (SSSR count). The Bertz CT molecular complexity index is 426. The smallest absolute Gasteiger partial charge is 0.222 e. The van der Waals surface area contributed by atoms with Gasteiger partial charge in [-0.05, 0) is 49.3 Å². The third-order valence-corrected chi connectivity index (χ3v) is 3.21. The summed E-state index contributed by atoms with van der Waals surface area (Å²) in [5, 5.41) is 2.77. The minimum Gasteiger partial charge on any atom is -0.311 e. The minimum atomic E-state index is -0.0599. The van der Waals surface area contributed by atoms with Gasteiger partial charge in [-0.25, -0.2) is 4.98 Å². The van der Waals surface area contributed by atoms with Crippen molar-refractivity contribution in [3.63, 3.8) is 0 Å². The van der Waals surface area contributed by atoms with Gasteiger partial charge in [0.15, 0.2) is 0 Å². The maximum atomic E-state index is 11.0. The highest BCUT2D eigenvalue weighted by Gasteiger charge is 2.20. The Labute approximate surface area is 96.3 Å². The zero-order chi connectivity index (χ0) is 11.7. The number of hydrogen-bond donors (Lipinski definition) is 1. The summed E-state index contributed by atoms with van der Waals surface area (Å²) < 4.78 is 0. The summed E-state index contributed by atoms with van der Waals surface area (Å²) in [5.41, 5.74) is 3.81. The molecule has 1 aliphatic rings. The van der Waals surface area contributed by atoms with E-state index in [0.29, 0.717) is 11.7 Å². The summed E-state index contributed by atoms with van der Waals surface area (Å²) >= 11 is 0. The number of nitrogens with one attached hydrogen (secondary N) is 1. The van der Waals surface area contributed by atoms with Crippen LogP contribution in [0.5, 0.6) is 0 Å². The molecule has 0 fully saturated rings. The quantitative estimate of drug-likeness (QED) is 0.787. The number of rotatable bonds is 1. The molecule has 1 heterocycles. The second-order valence-corrected chi connectivity index (χ2v) is 4.66. The van der Waals surface area contributed by atoms with E-state index in [1.54, 1.807) is 0 Å². The monoisotopic (exact) mass is 218 g/mol. The number of aromatic nitrogens is 1. The van der Waals surface area contributed by atoms with Gasteiger partial charge in [0.05, 0.1) is 0 Å². The molecule has 3 heteroatoms. The first-order chi connectivity index (χ1) is 7.58. The Morgan fingerprint density at radius 1 is 1.56 bits per heavy atom. The molecule has 86 valence electrons. The number of aryl methyl sites for hydroxylation is 1. The van der Waals surface area contributed by atoms with Crippen LogP contribution in [0, 0.1) is 6.92 Å². The van der Waals surface area contributed by atoms with Gasteiger partial charge in [0.2, 0.25) is 5.91 Å². The van der Waals surface area contributed by atoms with E-state index in [9.17, 15) is 4.79 Å². The lowest BCUT2D eigenvalue weighted by Crippen LogP contribution is -2.15. The van der Waals surface area contributed by atoms with Crippen molar-refractivity contribution >= 4 is 11.7 Å². The van der Waals surface area contributed by atoms with Gasteiger partial charge >= 0.3 is 0 Å². The lowest BCUT2D eigenvalue weighted by molar-refractivity contribution is -0.114. The van der Waals surface area contributed by atoms with Crippen LogP contribution in [0.4, 0.5) is 5.82 Å². The fourth-order valence-corrected chi connectivity index (χ4v) is 2.42. The fraction of sp³-hybridized carbons (Fsp3) is 0.538. The van der Waals surface area contributed by atoms with Gasteiger partial charge in [0.25, 0.3) is 0 Å². The average Bonchev–Trinajstić information content (AvgIpc) is 2.19. The summed E-state index contributed by atoms with van der Waals surface area (Å²) in [6.45, 7) is 5.83. The number of carbonyl (C=O) groups is 1. The first kappa shape index (κ1) is 11.1. The Morgan fingerprint density at radius 3 is 3.00 bits per heavy atom. The molecule has 1 aromatic heterocycles. The fourth-order valence-electron chi connectivity index (χ4n) is 2.42. The molecule has 1 atom stereocenters. The number of amides is 1. The van der Waals surface area contributed by atoms with Crippen molar-refractivity contribution in [3.8, 4) is 0 Å². The molecule has 0 saturated heterocycles. The molecule has 3 nitrogen and oxygen atoms in total. The topological polar surface area (TPSA) is 42.0 Å². The Morgan fingerprint density at radius 2 is 2.31 bits per heavy atom. The molecule has 0 bridgehead atoms. The van der Waals surface area contributed by atoms with Crippen molar-refractivity contribution in [2.45, 2.75) is 46.0 Å². The third kappa shape index (κ3) is 2.08. The first-order valence-electron chi connectivity index (χ1n) is 5.86. The molecule has 1 amide bonds. The van der Waals surface area contributed by atoms with Crippen molar-refractivity contribution in [1.29, 1.82) is 0 Å². The summed E-state index contributed by atoms with van der Waals surface area (Å²) in [5.74, 6) is 1.14. The highest BCUT2D eigenvalue weighted by Crippen LogP contribution is 2.32. The molecule has 0 saturated carbocycles. The standard InChI is InChI=1S/C13H18N2O/c1-8-5-4-6-11-9(2)7-12(14-10(3)16)15-13(8)11/h7-8H,4-6H2,1-3H3,(H,14,15,16). The van der Waals surface area contributed by atoms with Crippen molar-refractivity contribution in [2.24, 2.45) is 0 Å². The van der Waals surface area contributed by atoms with Gasteiger partial charge in [0.1, 0.15) is 5.82 Å². The number of fused-ring (bicyclic) bond motifs is 1. The first-order valence-corrected chi connectivity index (χ1v) is 5.86. The number of pyridine rings is 1. The van der Waals surface area contributed by atoms with Crippen molar-refractivity contribution in [1.82, 2.24) is 4.98 Å². The molecule has 0 radical (unpaired) electrons. The van der Waals surface area contributed by atoms with Gasteiger partial charge in [-0.1, -0.05) is 6.92 Å². The van der Waals surface area contributed by atoms with Gasteiger partial charge in [0, 0.05) is 12.6 Å². The van der Waals surface area contributed by atoms with Crippen LogP contribution in [0.25, 0.3) is 0 Å². The molecule has 1 aromatic rings. The minimum absolute atomic E-state index is 0.0599. The predicted octanol–water partition coefficient (Wildman–Crippen LogP) is 2.79. The molecular weight excluding hydrogens is 200 g/mol. The number of anilines is 1. The molecule has 1 N–H and O–H groups in total. The van der Waals surface area contributed by atoms with Gasteiger partial charge < -0.3 is 5.32 Å². The van der Waals surface area contributed by atoms with Crippen LogP contribution >= 0.6 is 0 Å². The van der Waals surface area contributed by atoms with E-state index in [-0.39, 0.29) is 5.91 Å². The molecule has 1 aliphatic carbocycles. The van der Waals surface area contributed by atoms with Gasteiger partial charge in [-0.3, -0.25) is 4.79 Å². The Kier molecular flexibility index (Phi) is 2.95. The third-order valence-electron chi connectivity index (χ3n) is 3.21. The summed E-state index contributed by atoms with van der Waals surface area (Å²) in [7, 11) is 0. The predicted molar refractivity (Wildman–Crippen MR) is 64.6 cm³/mol. The largest absolute Gasteiger partial charge is 0.311 e. The summed E-state index contributed by atoms with van der Waals surface area (Å²) in [6.07, 6.45) is 3.57.